The highest BCUT2D eigenvalue weighted by Gasteiger charge is 2.30. The number of hydrogen-bond donors (Lipinski definition) is 1. The molecule has 1 saturated heterocycles. The number of nitrogens with one attached hydrogen (secondary N) is 1. The van der Waals surface area contributed by atoms with Crippen molar-refractivity contribution in [2.45, 2.75) is 10.4 Å². The van der Waals surface area contributed by atoms with E-state index in [4.69, 9.17) is 4.74 Å². The summed E-state index contributed by atoms with van der Waals surface area (Å²) in [5.74, 6) is 0. The Morgan fingerprint density at radius 1 is 1.25 bits per heavy atom. The van der Waals surface area contributed by atoms with E-state index >= 15 is 0 Å². The maximum absolute atomic E-state index is 12.4. The van der Waals surface area contributed by atoms with E-state index in [1.807, 2.05) is 0 Å². The lowest BCUT2D eigenvalue weighted by molar-refractivity contribution is -0.0328. The number of rotatable bonds is 2. The minimum absolute atomic E-state index is 0.0263. The van der Waals surface area contributed by atoms with Gasteiger partial charge in [-0.2, -0.15) is 13.2 Å². The van der Waals surface area contributed by atoms with Gasteiger partial charge in [-0.1, -0.05) is 12.1 Å². The lowest BCUT2D eigenvalue weighted by Crippen LogP contribution is -2.43. The van der Waals surface area contributed by atoms with E-state index in [1.54, 1.807) is 6.07 Å². The van der Waals surface area contributed by atoms with Gasteiger partial charge < -0.3 is 15.0 Å². The predicted octanol–water partition coefficient (Wildman–Crippen LogP) is 3.16. The molecule has 0 radical (unpaired) electrons. The highest BCUT2D eigenvalue weighted by molar-refractivity contribution is 8.00. The summed E-state index contributed by atoms with van der Waals surface area (Å²) in [7, 11) is 0. The zero-order valence-corrected chi connectivity index (χ0v) is 11.3. The fourth-order valence-electron chi connectivity index (χ4n) is 1.74. The number of hydrogen-bond acceptors (Lipinski definition) is 3. The summed E-state index contributed by atoms with van der Waals surface area (Å²) in [4.78, 5) is 13.4. The second-order valence-electron chi connectivity index (χ2n) is 4.07. The molecule has 1 fully saturated rings. The number of nitrogens with zero attached hydrogens (tertiary/aromatic N) is 1. The third-order valence-corrected chi connectivity index (χ3v) is 3.46. The normalized spacial score (nSPS) is 16.1. The summed E-state index contributed by atoms with van der Waals surface area (Å²) < 4.78 is 42.4. The Balaban J connectivity index is 2.06. The van der Waals surface area contributed by atoms with Crippen LogP contribution in [0.3, 0.4) is 0 Å². The molecule has 20 heavy (non-hydrogen) atoms. The molecule has 110 valence electrons. The van der Waals surface area contributed by atoms with Crippen molar-refractivity contribution in [3.63, 3.8) is 0 Å². The summed E-state index contributed by atoms with van der Waals surface area (Å²) in [5, 5.41) is 2.51. The number of para-hydroxylation sites is 1. The van der Waals surface area contributed by atoms with Gasteiger partial charge >= 0.3 is 11.5 Å². The van der Waals surface area contributed by atoms with Crippen molar-refractivity contribution in [3.05, 3.63) is 24.3 Å². The van der Waals surface area contributed by atoms with E-state index in [0.29, 0.717) is 26.3 Å². The Kier molecular flexibility index (Phi) is 4.77. The molecule has 1 heterocycles. The van der Waals surface area contributed by atoms with Crippen molar-refractivity contribution in [3.8, 4) is 0 Å². The monoisotopic (exact) mass is 306 g/mol. The van der Waals surface area contributed by atoms with E-state index in [1.165, 1.54) is 23.1 Å². The molecule has 0 aromatic heterocycles. The minimum Gasteiger partial charge on any atom is -0.378 e. The van der Waals surface area contributed by atoms with Gasteiger partial charge in [0, 0.05) is 18.0 Å². The van der Waals surface area contributed by atoms with Gasteiger partial charge in [-0.05, 0) is 23.9 Å². The van der Waals surface area contributed by atoms with Crippen LogP contribution < -0.4 is 5.32 Å². The molecular formula is C12H13F3N2O2S. The van der Waals surface area contributed by atoms with Crippen LogP contribution in [0.25, 0.3) is 0 Å². The van der Waals surface area contributed by atoms with Crippen molar-refractivity contribution in [2.75, 3.05) is 31.6 Å². The van der Waals surface area contributed by atoms with Crippen molar-refractivity contribution in [1.29, 1.82) is 0 Å². The average molecular weight is 306 g/mol. The molecule has 0 aliphatic carbocycles. The summed E-state index contributed by atoms with van der Waals surface area (Å²) >= 11 is -0.242. The number of morpholine rings is 1. The van der Waals surface area contributed by atoms with E-state index in [2.05, 4.69) is 5.32 Å². The van der Waals surface area contributed by atoms with Crippen molar-refractivity contribution >= 4 is 23.5 Å². The number of amides is 2. The maximum Gasteiger partial charge on any atom is 0.446 e. The number of halogens is 3. The Labute approximate surface area is 118 Å². The molecule has 1 aromatic rings. The number of carbonyl (C=O) groups excluding carboxylic acids is 1. The zero-order chi connectivity index (χ0) is 14.6. The second-order valence-corrected chi connectivity index (χ2v) is 5.18. The summed E-state index contributed by atoms with van der Waals surface area (Å²) in [6.45, 7) is 1.74. The number of ether oxygens (including phenoxy) is 1. The van der Waals surface area contributed by atoms with Crippen LogP contribution in [-0.4, -0.2) is 42.7 Å². The Bertz CT molecular complexity index is 476. The van der Waals surface area contributed by atoms with Gasteiger partial charge in [-0.3, -0.25) is 0 Å². The summed E-state index contributed by atoms with van der Waals surface area (Å²) in [6, 6.07) is 5.44. The van der Waals surface area contributed by atoms with E-state index < -0.39 is 11.5 Å². The lowest BCUT2D eigenvalue weighted by Gasteiger charge is -2.27. The van der Waals surface area contributed by atoms with Crippen molar-refractivity contribution in [2.24, 2.45) is 0 Å². The molecule has 1 aliphatic rings. The largest absolute Gasteiger partial charge is 0.446 e. The molecular weight excluding hydrogens is 293 g/mol. The van der Waals surface area contributed by atoms with Crippen LogP contribution in [0.2, 0.25) is 0 Å². The van der Waals surface area contributed by atoms with Gasteiger partial charge in [0.2, 0.25) is 0 Å². The molecule has 0 spiro atoms. The molecule has 1 aromatic carbocycles. The molecule has 4 nitrogen and oxygen atoms in total. The third-order valence-electron chi connectivity index (χ3n) is 2.65. The predicted molar refractivity (Wildman–Crippen MR) is 69.8 cm³/mol. The number of anilines is 1. The maximum atomic E-state index is 12.4. The fourth-order valence-corrected chi connectivity index (χ4v) is 2.37. The first-order chi connectivity index (χ1) is 9.46. The molecule has 0 saturated carbocycles. The van der Waals surface area contributed by atoms with Gasteiger partial charge in [0.25, 0.3) is 0 Å². The topological polar surface area (TPSA) is 41.6 Å². The van der Waals surface area contributed by atoms with Crippen LogP contribution in [0.4, 0.5) is 23.7 Å². The standard InChI is InChI=1S/C12H13F3N2O2S/c13-12(14,15)20-10-4-2-1-3-9(10)16-11(18)17-5-7-19-8-6-17/h1-4H,5-8H2,(H,16,18). The van der Waals surface area contributed by atoms with Crippen LogP contribution in [-0.2, 0) is 4.74 Å². The molecule has 1 N–H and O–H groups in total. The van der Waals surface area contributed by atoms with E-state index in [-0.39, 0.29) is 22.3 Å². The fraction of sp³-hybridized carbons (Fsp3) is 0.417. The average Bonchev–Trinajstić information content (AvgIpc) is 2.40. The Morgan fingerprint density at radius 2 is 1.90 bits per heavy atom. The molecule has 1 aliphatic heterocycles. The third kappa shape index (κ3) is 4.31. The smallest absolute Gasteiger partial charge is 0.378 e. The van der Waals surface area contributed by atoms with Gasteiger partial charge in [0.1, 0.15) is 0 Å². The molecule has 8 heteroatoms. The highest BCUT2D eigenvalue weighted by Crippen LogP contribution is 2.40. The van der Waals surface area contributed by atoms with Gasteiger partial charge in [0.15, 0.2) is 0 Å². The van der Waals surface area contributed by atoms with Crippen LogP contribution in [0.5, 0.6) is 0 Å². The van der Waals surface area contributed by atoms with Gasteiger partial charge in [0.05, 0.1) is 18.9 Å². The zero-order valence-electron chi connectivity index (χ0n) is 10.4. The number of carbonyl (C=O) groups is 1. The molecule has 0 bridgehead atoms. The summed E-state index contributed by atoms with van der Waals surface area (Å²) in [5.41, 5.74) is -4.23. The van der Waals surface area contributed by atoms with Crippen LogP contribution in [0.1, 0.15) is 0 Å². The first-order valence-electron chi connectivity index (χ1n) is 5.94. The van der Waals surface area contributed by atoms with Crippen LogP contribution >= 0.6 is 11.8 Å². The van der Waals surface area contributed by atoms with Crippen molar-refractivity contribution < 1.29 is 22.7 Å². The quantitative estimate of drug-likeness (QED) is 0.853. The van der Waals surface area contributed by atoms with Gasteiger partial charge in [-0.15, -0.1) is 0 Å². The Hall–Kier alpha value is -1.41. The molecule has 0 atom stereocenters. The van der Waals surface area contributed by atoms with Crippen LogP contribution in [0.15, 0.2) is 29.2 Å². The number of benzene rings is 1. The molecule has 2 amide bonds. The van der Waals surface area contributed by atoms with E-state index in [9.17, 15) is 18.0 Å². The molecule has 0 unspecified atom stereocenters. The number of thioether (sulfide) groups is 1. The highest BCUT2D eigenvalue weighted by atomic mass is 32.2. The summed E-state index contributed by atoms with van der Waals surface area (Å²) in [6.07, 6.45) is 0. The SMILES string of the molecule is O=C(Nc1ccccc1SC(F)(F)F)N1CCOCC1. The first-order valence-corrected chi connectivity index (χ1v) is 6.76. The molecule has 2 rings (SSSR count). The lowest BCUT2D eigenvalue weighted by atomic mass is 10.3. The minimum atomic E-state index is -4.39. The van der Waals surface area contributed by atoms with Gasteiger partial charge in [-0.25, -0.2) is 4.79 Å². The van der Waals surface area contributed by atoms with E-state index in [0.717, 1.165) is 0 Å². The first kappa shape index (κ1) is 15.0. The number of urea groups is 1. The van der Waals surface area contributed by atoms with Crippen LogP contribution in [0, 0.1) is 0 Å². The number of alkyl halides is 3. The second kappa shape index (κ2) is 6.36. The Morgan fingerprint density at radius 3 is 2.55 bits per heavy atom. The van der Waals surface area contributed by atoms with Crippen molar-refractivity contribution in [1.82, 2.24) is 4.90 Å².